The zero-order chi connectivity index (χ0) is 25.2. The zero-order valence-corrected chi connectivity index (χ0v) is 19.2. The molecular formula is C17H42O13S. The van der Waals surface area contributed by atoms with E-state index in [0.717, 1.165) is 0 Å². The van der Waals surface area contributed by atoms with Crippen molar-refractivity contribution in [3.8, 4) is 0 Å². The fourth-order valence-corrected chi connectivity index (χ4v) is 2.64. The Bertz CT molecular complexity index is 401. The van der Waals surface area contributed by atoms with Gasteiger partial charge in [0.15, 0.2) is 6.29 Å². The Morgan fingerprint density at radius 1 is 0.774 bits per heavy atom. The van der Waals surface area contributed by atoms with Crippen molar-refractivity contribution in [1.29, 1.82) is 0 Å². The topological polar surface area (TPSA) is 235 Å². The van der Waals surface area contributed by atoms with Crippen molar-refractivity contribution in [3.05, 3.63) is 0 Å². The van der Waals surface area contributed by atoms with Crippen LogP contribution in [0.5, 0.6) is 0 Å². The van der Waals surface area contributed by atoms with Gasteiger partial charge in [-0.05, 0) is 33.1 Å². The van der Waals surface area contributed by atoms with Gasteiger partial charge in [-0.3, -0.25) is 4.55 Å². The lowest BCUT2D eigenvalue weighted by Gasteiger charge is -2.25. The minimum absolute atomic E-state index is 0.0277. The van der Waals surface area contributed by atoms with Gasteiger partial charge in [0, 0.05) is 13.2 Å². The Kier molecular flexibility index (Phi) is 33.6. The highest BCUT2D eigenvalue weighted by Crippen LogP contribution is 2.18. The number of ether oxygens (including phenoxy) is 2. The number of hydrogen-bond donors (Lipinski definition) is 9. The molecule has 0 aromatic carbocycles. The second kappa shape index (κ2) is 27.5. The van der Waals surface area contributed by atoms with E-state index in [4.69, 9.17) is 49.8 Å². The smallest absolute Gasteiger partial charge is 0.267 e. The second-order valence-corrected chi connectivity index (χ2v) is 7.14. The first-order valence-corrected chi connectivity index (χ1v) is 11.3. The number of rotatable bonds is 14. The minimum Gasteiger partial charge on any atom is -0.394 e. The lowest BCUT2D eigenvalue weighted by atomic mass is 10.00. The molecule has 31 heavy (non-hydrogen) atoms. The number of aliphatic hydroxyl groups is 8. The summed E-state index contributed by atoms with van der Waals surface area (Å²) in [4.78, 5) is 0. The first-order chi connectivity index (χ1) is 14.5. The lowest BCUT2D eigenvalue weighted by molar-refractivity contribution is -0.142. The van der Waals surface area contributed by atoms with Crippen molar-refractivity contribution >= 4 is 10.1 Å². The van der Waals surface area contributed by atoms with Crippen LogP contribution in [0.25, 0.3) is 0 Å². The molecule has 0 fully saturated rings. The number of hydrogen-bond acceptors (Lipinski definition) is 12. The molecule has 0 spiro atoms. The van der Waals surface area contributed by atoms with Crippen molar-refractivity contribution < 1.29 is 63.3 Å². The van der Waals surface area contributed by atoms with E-state index in [2.05, 4.69) is 0 Å². The van der Waals surface area contributed by atoms with Crippen LogP contribution >= 0.6 is 0 Å². The SMILES string of the molecule is CCOC(CCCC(O)(CO)CS(=O)(=O)O)OCC.OCCO.OCCO.OCCO. The third-order valence-electron chi connectivity index (χ3n) is 2.83. The summed E-state index contributed by atoms with van der Waals surface area (Å²) in [7, 11) is -4.34. The van der Waals surface area contributed by atoms with Crippen molar-refractivity contribution in [2.24, 2.45) is 0 Å². The average Bonchev–Trinajstić information content (AvgIpc) is 2.73. The van der Waals surface area contributed by atoms with E-state index in [1.165, 1.54) is 0 Å². The largest absolute Gasteiger partial charge is 0.394 e. The van der Waals surface area contributed by atoms with Crippen LogP contribution in [-0.4, -0.2) is 131 Å². The van der Waals surface area contributed by atoms with E-state index in [0.29, 0.717) is 26.1 Å². The molecule has 0 aliphatic rings. The zero-order valence-electron chi connectivity index (χ0n) is 18.3. The minimum atomic E-state index is -4.34. The summed E-state index contributed by atoms with van der Waals surface area (Å²) >= 11 is 0. The van der Waals surface area contributed by atoms with Crippen LogP contribution in [0.3, 0.4) is 0 Å². The molecule has 0 rings (SSSR count). The molecule has 0 aliphatic carbocycles. The molecule has 9 N–H and O–H groups in total. The van der Waals surface area contributed by atoms with Gasteiger partial charge in [-0.2, -0.15) is 8.42 Å². The highest BCUT2D eigenvalue weighted by molar-refractivity contribution is 7.85. The highest BCUT2D eigenvalue weighted by atomic mass is 32.2. The third kappa shape index (κ3) is 37.2. The van der Waals surface area contributed by atoms with E-state index < -0.39 is 34.4 Å². The van der Waals surface area contributed by atoms with Crippen LogP contribution < -0.4 is 0 Å². The predicted molar refractivity (Wildman–Crippen MR) is 112 cm³/mol. The van der Waals surface area contributed by atoms with Crippen LogP contribution in [0.15, 0.2) is 0 Å². The maximum atomic E-state index is 10.7. The molecule has 1 atom stereocenters. The van der Waals surface area contributed by atoms with Crippen molar-refractivity contribution in [2.45, 2.75) is 45.0 Å². The average molecular weight is 487 g/mol. The van der Waals surface area contributed by atoms with Gasteiger partial charge in [0.05, 0.1) is 46.2 Å². The van der Waals surface area contributed by atoms with Gasteiger partial charge >= 0.3 is 0 Å². The molecule has 0 aromatic rings. The van der Waals surface area contributed by atoms with E-state index in [1.54, 1.807) is 0 Å². The quantitative estimate of drug-likeness (QED) is 0.0885. The molecule has 0 saturated carbocycles. The Morgan fingerprint density at radius 2 is 1.13 bits per heavy atom. The van der Waals surface area contributed by atoms with Gasteiger partial charge in [-0.25, -0.2) is 0 Å². The highest BCUT2D eigenvalue weighted by Gasteiger charge is 2.31. The van der Waals surface area contributed by atoms with Gasteiger partial charge in [-0.1, -0.05) is 0 Å². The van der Waals surface area contributed by atoms with Gasteiger partial charge in [-0.15, -0.1) is 0 Å². The van der Waals surface area contributed by atoms with Crippen LogP contribution in [0.2, 0.25) is 0 Å². The molecule has 0 radical (unpaired) electrons. The van der Waals surface area contributed by atoms with Gasteiger partial charge in [0.25, 0.3) is 10.1 Å². The fourth-order valence-electron chi connectivity index (χ4n) is 1.72. The van der Waals surface area contributed by atoms with Crippen molar-refractivity contribution in [3.63, 3.8) is 0 Å². The second-order valence-electron chi connectivity index (χ2n) is 5.68. The molecule has 0 saturated heterocycles. The first-order valence-electron chi connectivity index (χ1n) is 9.67. The maximum absolute atomic E-state index is 10.7. The summed E-state index contributed by atoms with van der Waals surface area (Å²) in [5.74, 6) is -0.884. The van der Waals surface area contributed by atoms with E-state index in [-0.39, 0.29) is 46.1 Å². The third-order valence-corrected chi connectivity index (χ3v) is 3.73. The Hall–Kier alpha value is -0.490. The molecule has 194 valence electrons. The summed E-state index contributed by atoms with van der Waals surface area (Å²) < 4.78 is 40.8. The molecule has 14 heteroatoms. The van der Waals surface area contributed by atoms with E-state index in [1.807, 2.05) is 13.8 Å². The summed E-state index contributed by atoms with van der Waals surface area (Å²) in [6.45, 7) is 3.14. The molecular weight excluding hydrogens is 444 g/mol. The molecule has 0 aliphatic heterocycles. The Labute approximate surface area is 184 Å². The van der Waals surface area contributed by atoms with Crippen molar-refractivity contribution in [1.82, 2.24) is 0 Å². The summed E-state index contributed by atoms with van der Waals surface area (Å²) in [6.07, 6.45) is 0.482. The van der Waals surface area contributed by atoms with Crippen LogP contribution in [0.4, 0.5) is 0 Å². The van der Waals surface area contributed by atoms with Gasteiger partial charge in [0.2, 0.25) is 0 Å². The normalized spacial score (nSPS) is 12.5. The molecule has 0 amide bonds. The van der Waals surface area contributed by atoms with Gasteiger partial charge < -0.3 is 50.3 Å². The standard InChI is InChI=1S/C11H24O7S.3C2H6O2/c1-3-17-10(18-4-2)6-5-7-11(13,8-12)9-19(14,15)16;3*3-1-2-4/h10,12-13H,3-9H2,1-2H3,(H,14,15,16);3*3-4H,1-2H2. The van der Waals surface area contributed by atoms with E-state index in [9.17, 15) is 13.5 Å². The summed E-state index contributed by atoms with van der Waals surface area (Å²) in [5.41, 5.74) is -1.84. The molecule has 0 heterocycles. The predicted octanol–water partition coefficient (Wildman–Crippen LogP) is -2.92. The van der Waals surface area contributed by atoms with Crippen molar-refractivity contribution in [2.75, 3.05) is 65.2 Å². The van der Waals surface area contributed by atoms with Crippen LogP contribution in [-0.2, 0) is 19.6 Å². The molecule has 0 aromatic heterocycles. The van der Waals surface area contributed by atoms with E-state index >= 15 is 0 Å². The molecule has 0 bridgehead atoms. The summed E-state index contributed by atoms with van der Waals surface area (Å²) in [6, 6.07) is 0. The van der Waals surface area contributed by atoms with Crippen LogP contribution in [0, 0.1) is 0 Å². The Morgan fingerprint density at radius 3 is 1.35 bits per heavy atom. The molecule has 1 unspecified atom stereocenters. The molecule has 13 nitrogen and oxygen atoms in total. The lowest BCUT2D eigenvalue weighted by Crippen LogP contribution is -2.41. The monoisotopic (exact) mass is 486 g/mol. The maximum Gasteiger partial charge on any atom is 0.267 e. The Balaban J connectivity index is -0.000000247. The first kappa shape index (κ1) is 37.8. The number of aliphatic hydroxyl groups excluding tert-OH is 7. The van der Waals surface area contributed by atoms with Crippen LogP contribution in [0.1, 0.15) is 33.1 Å². The van der Waals surface area contributed by atoms with Gasteiger partial charge in [0.1, 0.15) is 11.4 Å². The fraction of sp³-hybridized carbons (Fsp3) is 1.00. The summed E-state index contributed by atoms with van der Waals surface area (Å²) in [5, 5.41) is 64.6.